The largest absolute Gasteiger partial charge is 0.309 e. The average Bonchev–Trinajstić information content (AvgIpc) is 3.79. The van der Waals surface area contributed by atoms with Crippen molar-refractivity contribution in [3.63, 3.8) is 0 Å². The maximum absolute atomic E-state index is 2.52. The van der Waals surface area contributed by atoms with Crippen LogP contribution in [0.2, 0.25) is 0 Å². The van der Waals surface area contributed by atoms with E-state index in [1.54, 1.807) is 0 Å². The van der Waals surface area contributed by atoms with Gasteiger partial charge in [-0.1, -0.05) is 196 Å². The van der Waals surface area contributed by atoms with E-state index in [0.717, 1.165) is 0 Å². The Kier molecular flexibility index (Phi) is 10.3. The Morgan fingerprint density at radius 2 is 0.594 bits per heavy atom. The summed E-state index contributed by atoms with van der Waals surface area (Å²) in [6.45, 7) is 32.6. The summed E-state index contributed by atoms with van der Waals surface area (Å²) in [5.41, 5.74) is 26.7. The van der Waals surface area contributed by atoms with Gasteiger partial charge in [-0.05, 0) is 140 Å². The van der Waals surface area contributed by atoms with Gasteiger partial charge in [0.05, 0.1) is 22.1 Å². The molecule has 0 unspecified atom stereocenters. The van der Waals surface area contributed by atoms with Crippen LogP contribution in [0.15, 0.2) is 146 Å². The van der Waals surface area contributed by atoms with E-state index in [1.165, 1.54) is 132 Å². The molecule has 2 aromatic heterocycles. The maximum Gasteiger partial charge on any atom is 0.240 e. The maximum atomic E-state index is 2.52. The predicted octanol–water partition coefficient (Wildman–Crippen LogP) is 12.7. The summed E-state index contributed by atoms with van der Waals surface area (Å²) in [5, 5.41) is 5.28. The first-order chi connectivity index (χ1) is 32.7. The first kappa shape index (κ1) is 45.0. The van der Waals surface area contributed by atoms with Crippen LogP contribution in [-0.4, -0.2) is 22.6 Å². The standard InChI is InChI=1S/C65H66B2N2/c1-39-23-27-57-49(31-39)50-36-44(63(6,7)8)24-28-58(50)68(57)47-32-40(2)61(41(3)33-47)66-53-19-15-17-21-55(53)67(56-22-18-16-20-54(56)66)62-42(4)34-48(35-43(62)5)69-59-29-25-45(64(9,10)11)37-51(59)52-38-46(65(12,13)14)26-30-60(52)69/h15-38H,1-14H3. The van der Waals surface area contributed by atoms with Gasteiger partial charge in [-0.3, -0.25) is 0 Å². The molecular weight excluding hydrogens is 830 g/mol. The number of aromatic nitrogens is 2. The summed E-state index contributed by atoms with van der Waals surface area (Å²) in [4.78, 5) is 0. The average molecular weight is 897 g/mol. The summed E-state index contributed by atoms with van der Waals surface area (Å²) >= 11 is 0. The third kappa shape index (κ3) is 7.23. The molecule has 2 nitrogen and oxygen atoms in total. The van der Waals surface area contributed by atoms with Gasteiger partial charge in [-0.25, -0.2) is 0 Å². The molecule has 0 saturated carbocycles. The van der Waals surface area contributed by atoms with Gasteiger partial charge in [0.25, 0.3) is 0 Å². The first-order valence-electron chi connectivity index (χ1n) is 25.2. The number of aryl methyl sites for hydroxylation is 5. The van der Waals surface area contributed by atoms with Gasteiger partial charge < -0.3 is 9.13 Å². The minimum Gasteiger partial charge on any atom is -0.309 e. The molecule has 0 fully saturated rings. The Hall–Kier alpha value is -6.51. The highest BCUT2D eigenvalue weighted by Gasteiger charge is 2.40. The molecule has 69 heavy (non-hydrogen) atoms. The molecule has 0 bridgehead atoms. The molecule has 0 amide bonds. The number of rotatable bonds is 4. The van der Waals surface area contributed by atoms with Crippen molar-refractivity contribution in [3.05, 3.63) is 190 Å². The van der Waals surface area contributed by atoms with E-state index in [2.05, 4.69) is 252 Å². The second-order valence-corrected chi connectivity index (χ2v) is 23.7. The molecule has 0 spiro atoms. The van der Waals surface area contributed by atoms with E-state index in [9.17, 15) is 0 Å². The smallest absolute Gasteiger partial charge is 0.240 e. The van der Waals surface area contributed by atoms with Crippen molar-refractivity contribution < 1.29 is 0 Å². The Morgan fingerprint density at radius 3 is 0.884 bits per heavy atom. The van der Waals surface area contributed by atoms with E-state index < -0.39 is 0 Å². The second-order valence-electron chi connectivity index (χ2n) is 23.7. The fourth-order valence-corrected chi connectivity index (χ4v) is 12.2. The molecule has 8 aromatic carbocycles. The monoisotopic (exact) mass is 897 g/mol. The predicted molar refractivity (Wildman–Crippen MR) is 304 cm³/mol. The first-order valence-corrected chi connectivity index (χ1v) is 25.2. The van der Waals surface area contributed by atoms with E-state index in [1.807, 2.05) is 0 Å². The van der Waals surface area contributed by atoms with Crippen LogP contribution in [0.25, 0.3) is 55.0 Å². The van der Waals surface area contributed by atoms with Gasteiger partial charge in [-0.15, -0.1) is 0 Å². The molecule has 1 aliphatic rings. The van der Waals surface area contributed by atoms with Gasteiger partial charge in [0.1, 0.15) is 0 Å². The Morgan fingerprint density at radius 1 is 0.319 bits per heavy atom. The van der Waals surface area contributed by atoms with Crippen LogP contribution in [0.5, 0.6) is 0 Å². The van der Waals surface area contributed by atoms with Gasteiger partial charge in [0.15, 0.2) is 0 Å². The number of nitrogens with zero attached hydrogens (tertiary/aromatic N) is 2. The van der Waals surface area contributed by atoms with Crippen molar-refractivity contribution in [3.8, 4) is 11.4 Å². The summed E-state index contributed by atoms with van der Waals surface area (Å²) in [6, 6.07) is 56.8. The summed E-state index contributed by atoms with van der Waals surface area (Å²) in [6.07, 6.45) is 0. The number of fused-ring (bicyclic) bond motifs is 8. The zero-order valence-corrected chi connectivity index (χ0v) is 43.4. The van der Waals surface area contributed by atoms with Crippen LogP contribution < -0.4 is 32.8 Å². The molecule has 3 heterocycles. The van der Waals surface area contributed by atoms with Crippen molar-refractivity contribution in [2.45, 2.75) is 113 Å². The molecule has 0 radical (unpaired) electrons. The van der Waals surface area contributed by atoms with Gasteiger partial charge in [-0.2, -0.15) is 0 Å². The van der Waals surface area contributed by atoms with Crippen molar-refractivity contribution in [2.75, 3.05) is 0 Å². The zero-order chi connectivity index (χ0) is 48.6. The second kappa shape index (κ2) is 15.8. The molecule has 342 valence electrons. The van der Waals surface area contributed by atoms with Crippen LogP contribution in [0, 0.1) is 34.6 Å². The lowest BCUT2D eigenvalue weighted by molar-refractivity contribution is 0.590. The number of hydrogen-bond donors (Lipinski definition) is 0. The quantitative estimate of drug-likeness (QED) is 0.156. The molecule has 11 rings (SSSR count). The van der Waals surface area contributed by atoms with Gasteiger partial charge >= 0.3 is 0 Å². The van der Waals surface area contributed by atoms with E-state index in [-0.39, 0.29) is 29.7 Å². The third-order valence-corrected chi connectivity index (χ3v) is 15.8. The zero-order valence-electron chi connectivity index (χ0n) is 43.4. The van der Waals surface area contributed by atoms with E-state index >= 15 is 0 Å². The minimum atomic E-state index is 0.0509. The highest BCUT2D eigenvalue weighted by molar-refractivity contribution is 7.11. The van der Waals surface area contributed by atoms with Crippen LogP contribution in [0.3, 0.4) is 0 Å². The minimum absolute atomic E-state index is 0.0509. The number of benzene rings is 8. The molecular formula is C65H66B2N2. The lowest BCUT2D eigenvalue weighted by Crippen LogP contribution is -2.75. The van der Waals surface area contributed by atoms with E-state index in [0.29, 0.717) is 0 Å². The number of hydrogen-bond acceptors (Lipinski definition) is 0. The van der Waals surface area contributed by atoms with Gasteiger partial charge in [0.2, 0.25) is 13.4 Å². The Balaban J connectivity index is 1.05. The van der Waals surface area contributed by atoms with Crippen molar-refractivity contribution >= 4 is 89.8 Å². The van der Waals surface area contributed by atoms with Crippen LogP contribution in [0.1, 0.15) is 107 Å². The Bertz CT molecular complexity index is 3580. The summed E-state index contributed by atoms with van der Waals surface area (Å²) in [5.74, 6) is 0. The van der Waals surface area contributed by atoms with Crippen molar-refractivity contribution in [1.82, 2.24) is 9.13 Å². The molecule has 0 atom stereocenters. The Labute approximate surface area is 411 Å². The third-order valence-electron chi connectivity index (χ3n) is 15.8. The van der Waals surface area contributed by atoms with Crippen molar-refractivity contribution in [1.29, 1.82) is 0 Å². The molecule has 0 aliphatic carbocycles. The molecule has 1 aliphatic heterocycles. The van der Waals surface area contributed by atoms with E-state index in [4.69, 9.17) is 0 Å². The van der Waals surface area contributed by atoms with Crippen LogP contribution in [0.4, 0.5) is 0 Å². The van der Waals surface area contributed by atoms with Crippen molar-refractivity contribution in [2.24, 2.45) is 0 Å². The SMILES string of the molecule is Cc1ccc2c(c1)c1cc(C(C)(C)C)ccc1n2-c1cc(C)c(B2c3ccccc3B(c3c(C)cc(-n4c5ccc(C(C)(C)C)cc5c5cc(C(C)(C)C)ccc54)cc3C)c3ccccc32)c(C)c1. The lowest BCUT2D eigenvalue weighted by atomic mass is 9.20. The highest BCUT2D eigenvalue weighted by Crippen LogP contribution is 2.39. The molecule has 0 saturated heterocycles. The van der Waals surface area contributed by atoms with Crippen LogP contribution >= 0.6 is 0 Å². The topological polar surface area (TPSA) is 9.86 Å². The molecule has 10 aromatic rings. The molecule has 0 N–H and O–H groups in total. The fourth-order valence-electron chi connectivity index (χ4n) is 12.2. The van der Waals surface area contributed by atoms with Crippen LogP contribution in [-0.2, 0) is 16.2 Å². The molecule has 4 heteroatoms. The normalized spacial score (nSPS) is 13.3. The van der Waals surface area contributed by atoms with Gasteiger partial charge in [0, 0.05) is 32.9 Å². The fraction of sp³-hybridized carbons (Fsp3) is 0.262. The summed E-state index contributed by atoms with van der Waals surface area (Å²) in [7, 11) is 0. The highest BCUT2D eigenvalue weighted by atomic mass is 15.0. The summed E-state index contributed by atoms with van der Waals surface area (Å²) < 4.78 is 5.02. The lowest BCUT2D eigenvalue weighted by Gasteiger charge is -2.34.